The van der Waals surface area contributed by atoms with E-state index in [1.807, 2.05) is 6.07 Å². The molecule has 0 fully saturated rings. The number of carbonyl (C=O) groups excluding carboxylic acids is 1. The maximum Gasteiger partial charge on any atom is 0.268 e. The van der Waals surface area contributed by atoms with E-state index in [2.05, 4.69) is 19.3 Å². The van der Waals surface area contributed by atoms with Crippen LogP contribution in [-0.2, 0) is 0 Å². The zero-order valence-electron chi connectivity index (χ0n) is 11.8. The van der Waals surface area contributed by atoms with Crippen LogP contribution in [0.3, 0.4) is 0 Å². The van der Waals surface area contributed by atoms with Crippen LogP contribution in [0.5, 0.6) is 5.75 Å². The lowest BCUT2D eigenvalue weighted by molar-refractivity contribution is 0.0948. The van der Waals surface area contributed by atoms with Gasteiger partial charge in [0.2, 0.25) is 0 Å². The molecule has 0 aliphatic rings. The molecular formula is C15H24N2O2. The predicted molar refractivity (Wildman–Crippen MR) is 76.9 cm³/mol. The van der Waals surface area contributed by atoms with Crippen LogP contribution in [0.15, 0.2) is 24.3 Å². The highest BCUT2D eigenvalue weighted by Gasteiger charge is 2.12. The number of amides is 1. The average molecular weight is 264 g/mol. The molecule has 1 amide bonds. The molecule has 19 heavy (non-hydrogen) atoms. The summed E-state index contributed by atoms with van der Waals surface area (Å²) in [5.41, 5.74) is 2.62. The summed E-state index contributed by atoms with van der Waals surface area (Å²) in [5, 5.41) is 0. The van der Waals surface area contributed by atoms with Crippen molar-refractivity contribution in [2.24, 2.45) is 11.8 Å². The van der Waals surface area contributed by atoms with Crippen LogP contribution in [0.1, 0.15) is 49.9 Å². The number of rotatable bonds is 8. The van der Waals surface area contributed by atoms with Crippen molar-refractivity contribution in [1.29, 1.82) is 0 Å². The lowest BCUT2D eigenvalue weighted by Gasteiger charge is -2.17. The molecule has 0 bridgehead atoms. The third kappa shape index (κ3) is 4.91. The van der Waals surface area contributed by atoms with E-state index in [-0.39, 0.29) is 5.91 Å². The van der Waals surface area contributed by atoms with Crippen molar-refractivity contribution in [3.05, 3.63) is 29.8 Å². The Morgan fingerprint density at radius 1 is 1.37 bits per heavy atom. The Morgan fingerprint density at radius 2 is 2.11 bits per heavy atom. The highest BCUT2D eigenvalue weighted by Crippen LogP contribution is 2.20. The Labute approximate surface area is 115 Å². The Hall–Kier alpha value is -1.55. The highest BCUT2D eigenvalue weighted by molar-refractivity contribution is 5.96. The molecule has 1 aromatic carbocycles. The first-order valence-electron chi connectivity index (χ1n) is 6.95. The molecule has 0 heterocycles. The van der Waals surface area contributed by atoms with Gasteiger partial charge in [0.15, 0.2) is 0 Å². The molecule has 0 aromatic heterocycles. The van der Waals surface area contributed by atoms with E-state index in [1.165, 1.54) is 12.8 Å². The third-order valence-corrected chi connectivity index (χ3v) is 3.28. The predicted octanol–water partition coefficient (Wildman–Crippen LogP) is 2.89. The first-order chi connectivity index (χ1) is 9.22. The van der Waals surface area contributed by atoms with Gasteiger partial charge >= 0.3 is 0 Å². The molecule has 0 saturated carbocycles. The number of para-hydroxylation sites is 1. The SMILES string of the molecule is CCCCC(CC)COc1ccccc1C(=O)NN. The summed E-state index contributed by atoms with van der Waals surface area (Å²) in [7, 11) is 0. The smallest absolute Gasteiger partial charge is 0.268 e. The standard InChI is InChI=1S/C15H24N2O2/c1-3-5-8-12(4-2)11-19-14-10-7-6-9-13(14)15(18)17-16/h6-7,9-10,12H,3-5,8,11,16H2,1-2H3,(H,17,18). The fourth-order valence-corrected chi connectivity index (χ4v) is 1.96. The first kappa shape index (κ1) is 15.5. The normalized spacial score (nSPS) is 11.9. The van der Waals surface area contributed by atoms with Gasteiger partial charge in [0.1, 0.15) is 5.75 Å². The van der Waals surface area contributed by atoms with Crippen LogP contribution in [0.2, 0.25) is 0 Å². The lowest BCUT2D eigenvalue weighted by atomic mass is 10.0. The summed E-state index contributed by atoms with van der Waals surface area (Å²) in [4.78, 5) is 11.6. The van der Waals surface area contributed by atoms with E-state index in [0.29, 0.717) is 23.8 Å². The fraction of sp³-hybridized carbons (Fsp3) is 0.533. The number of nitrogens with one attached hydrogen (secondary N) is 1. The summed E-state index contributed by atoms with van der Waals surface area (Å²) in [6.07, 6.45) is 4.67. The van der Waals surface area contributed by atoms with Crippen LogP contribution >= 0.6 is 0 Å². The topological polar surface area (TPSA) is 64.3 Å². The van der Waals surface area contributed by atoms with Crippen LogP contribution < -0.4 is 16.0 Å². The molecule has 0 aliphatic heterocycles. The van der Waals surface area contributed by atoms with Gasteiger partial charge in [-0.15, -0.1) is 0 Å². The van der Waals surface area contributed by atoms with Gasteiger partial charge in [0, 0.05) is 0 Å². The number of unbranched alkanes of at least 4 members (excludes halogenated alkanes) is 1. The second-order valence-electron chi connectivity index (χ2n) is 4.70. The second kappa shape index (κ2) is 8.53. The van der Waals surface area contributed by atoms with Gasteiger partial charge in [-0.25, -0.2) is 5.84 Å². The van der Waals surface area contributed by atoms with Crippen LogP contribution in [0.25, 0.3) is 0 Å². The average Bonchev–Trinajstić information content (AvgIpc) is 2.47. The van der Waals surface area contributed by atoms with Gasteiger partial charge in [0.05, 0.1) is 12.2 Å². The zero-order chi connectivity index (χ0) is 14.1. The largest absolute Gasteiger partial charge is 0.492 e. The molecule has 0 radical (unpaired) electrons. The van der Waals surface area contributed by atoms with Gasteiger partial charge in [-0.05, 0) is 24.5 Å². The molecule has 1 aromatic rings. The van der Waals surface area contributed by atoms with Gasteiger partial charge in [-0.3, -0.25) is 10.2 Å². The number of ether oxygens (including phenoxy) is 1. The van der Waals surface area contributed by atoms with Gasteiger partial charge in [-0.1, -0.05) is 45.2 Å². The van der Waals surface area contributed by atoms with E-state index >= 15 is 0 Å². The minimum Gasteiger partial charge on any atom is -0.492 e. The minimum absolute atomic E-state index is 0.322. The van der Waals surface area contributed by atoms with Crippen molar-refractivity contribution in [1.82, 2.24) is 5.43 Å². The van der Waals surface area contributed by atoms with Crippen molar-refractivity contribution in [3.8, 4) is 5.75 Å². The van der Waals surface area contributed by atoms with E-state index in [9.17, 15) is 4.79 Å². The quantitative estimate of drug-likeness (QED) is 0.431. The van der Waals surface area contributed by atoms with Gasteiger partial charge in [0.25, 0.3) is 5.91 Å². The van der Waals surface area contributed by atoms with Gasteiger partial charge < -0.3 is 4.74 Å². The van der Waals surface area contributed by atoms with Crippen LogP contribution in [0, 0.1) is 5.92 Å². The Kier molecular flexibility index (Phi) is 6.97. The number of hydrazine groups is 1. The zero-order valence-corrected chi connectivity index (χ0v) is 11.8. The molecule has 0 spiro atoms. The maximum absolute atomic E-state index is 11.6. The van der Waals surface area contributed by atoms with Crippen LogP contribution in [-0.4, -0.2) is 12.5 Å². The summed E-state index contributed by atoms with van der Waals surface area (Å²) >= 11 is 0. The van der Waals surface area contributed by atoms with E-state index in [0.717, 1.165) is 12.8 Å². The fourth-order valence-electron chi connectivity index (χ4n) is 1.96. The van der Waals surface area contributed by atoms with Crippen molar-refractivity contribution in [2.45, 2.75) is 39.5 Å². The molecule has 4 heteroatoms. The molecule has 3 N–H and O–H groups in total. The van der Waals surface area contributed by atoms with Crippen molar-refractivity contribution in [2.75, 3.05) is 6.61 Å². The van der Waals surface area contributed by atoms with Gasteiger partial charge in [-0.2, -0.15) is 0 Å². The summed E-state index contributed by atoms with van der Waals surface area (Å²) < 4.78 is 5.79. The lowest BCUT2D eigenvalue weighted by Crippen LogP contribution is -2.30. The molecule has 1 atom stereocenters. The van der Waals surface area contributed by atoms with E-state index < -0.39 is 0 Å². The van der Waals surface area contributed by atoms with Crippen molar-refractivity contribution in [3.63, 3.8) is 0 Å². The molecule has 106 valence electrons. The number of carbonyl (C=O) groups is 1. The Morgan fingerprint density at radius 3 is 2.74 bits per heavy atom. The molecule has 1 rings (SSSR count). The monoisotopic (exact) mass is 264 g/mol. The number of benzene rings is 1. The number of nitrogen functional groups attached to an aromatic ring is 1. The number of hydrogen-bond donors (Lipinski definition) is 2. The Balaban J connectivity index is 2.63. The minimum atomic E-state index is -0.322. The number of hydrogen-bond acceptors (Lipinski definition) is 3. The van der Waals surface area contributed by atoms with Crippen molar-refractivity contribution >= 4 is 5.91 Å². The molecule has 1 unspecified atom stereocenters. The molecule has 0 saturated heterocycles. The van der Waals surface area contributed by atoms with Crippen LogP contribution in [0.4, 0.5) is 0 Å². The van der Waals surface area contributed by atoms with E-state index in [4.69, 9.17) is 10.6 Å². The highest BCUT2D eigenvalue weighted by atomic mass is 16.5. The third-order valence-electron chi connectivity index (χ3n) is 3.28. The Bertz CT molecular complexity index is 393. The van der Waals surface area contributed by atoms with Crippen molar-refractivity contribution < 1.29 is 9.53 Å². The summed E-state index contributed by atoms with van der Waals surface area (Å²) in [6, 6.07) is 7.17. The maximum atomic E-state index is 11.6. The van der Waals surface area contributed by atoms with E-state index in [1.54, 1.807) is 18.2 Å². The summed E-state index contributed by atoms with van der Waals surface area (Å²) in [6.45, 7) is 5.00. The molecule has 0 aliphatic carbocycles. The number of nitrogens with two attached hydrogens (primary N) is 1. The first-order valence-corrected chi connectivity index (χ1v) is 6.95. The summed E-state index contributed by atoms with van der Waals surface area (Å²) in [5.74, 6) is 5.98. The molecular weight excluding hydrogens is 240 g/mol. The molecule has 4 nitrogen and oxygen atoms in total. The second-order valence-corrected chi connectivity index (χ2v) is 4.70.